The smallest absolute Gasteiger partial charge is 0.227 e. The first kappa shape index (κ1) is 18.7. The number of rotatable bonds is 6. The predicted molar refractivity (Wildman–Crippen MR) is 109 cm³/mol. The second kappa shape index (κ2) is 7.75. The molecule has 3 aliphatic rings. The molecule has 5 rings (SSSR count). The fourth-order valence-corrected chi connectivity index (χ4v) is 4.61. The molecule has 1 aromatic heterocycles. The third-order valence-corrected chi connectivity index (χ3v) is 6.09. The van der Waals surface area contributed by atoms with Crippen molar-refractivity contribution in [2.45, 2.75) is 25.4 Å². The first-order valence-corrected chi connectivity index (χ1v) is 9.91. The van der Waals surface area contributed by atoms with Crippen molar-refractivity contribution < 1.29 is 4.79 Å². The summed E-state index contributed by atoms with van der Waals surface area (Å²) in [7, 11) is 1.87. The lowest BCUT2D eigenvalue weighted by atomic mass is 9.75. The number of nitrogens with two attached hydrogens (primary N) is 1. The molecule has 7 nitrogen and oxygen atoms in total. The molecule has 1 amide bonds. The van der Waals surface area contributed by atoms with Gasteiger partial charge < -0.3 is 10.6 Å². The Labute approximate surface area is 165 Å². The van der Waals surface area contributed by atoms with E-state index in [-0.39, 0.29) is 11.8 Å². The van der Waals surface area contributed by atoms with Gasteiger partial charge in [-0.3, -0.25) is 14.4 Å². The number of likely N-dealkylation sites (N-methyl/N-ethyl adjacent to an activating group) is 1. The minimum Gasteiger partial charge on any atom is -0.399 e. The summed E-state index contributed by atoms with van der Waals surface area (Å²) in [6, 6.07) is 8.10. The molecule has 2 N–H and O–H groups in total. The number of benzene rings is 1. The highest BCUT2D eigenvalue weighted by atomic mass is 16.2. The molecule has 0 radical (unpaired) electrons. The number of aromatic nitrogens is 3. The van der Waals surface area contributed by atoms with E-state index in [0.717, 1.165) is 49.4 Å². The van der Waals surface area contributed by atoms with Gasteiger partial charge in [0.2, 0.25) is 5.91 Å². The van der Waals surface area contributed by atoms with E-state index in [2.05, 4.69) is 21.8 Å². The minimum absolute atomic E-state index is 0.105. The van der Waals surface area contributed by atoms with Gasteiger partial charge in [-0.15, -0.1) is 11.7 Å². The second-order valence-electron chi connectivity index (χ2n) is 8.00. The van der Waals surface area contributed by atoms with Crippen molar-refractivity contribution >= 4 is 11.6 Å². The van der Waals surface area contributed by atoms with Crippen LogP contribution in [-0.2, 0) is 11.3 Å². The zero-order valence-electron chi connectivity index (χ0n) is 16.4. The summed E-state index contributed by atoms with van der Waals surface area (Å²) in [5.74, 6) is 0.804. The van der Waals surface area contributed by atoms with Crippen LogP contribution in [-0.4, -0.2) is 63.4 Å². The fourth-order valence-electron chi connectivity index (χ4n) is 4.61. The molecular formula is C21H28N6O. The zero-order valence-corrected chi connectivity index (χ0v) is 16.4. The largest absolute Gasteiger partial charge is 0.399 e. The average Bonchev–Trinajstić information content (AvgIpc) is 3.16. The Hall–Kier alpha value is -2.67. The first-order valence-electron chi connectivity index (χ1n) is 9.91. The molecule has 1 unspecified atom stereocenters. The van der Waals surface area contributed by atoms with Crippen LogP contribution >= 0.6 is 0 Å². The van der Waals surface area contributed by atoms with Crippen LogP contribution in [0, 0.1) is 11.8 Å². The number of fused-ring (bicyclic) bond motifs is 3. The third-order valence-electron chi connectivity index (χ3n) is 6.09. The topological polar surface area (TPSA) is 80.3 Å². The fraction of sp³-hybridized carbons (Fsp3) is 0.476. The Morgan fingerprint density at radius 1 is 1.46 bits per heavy atom. The Kier molecular flexibility index (Phi) is 5.17. The molecule has 2 bridgehead atoms. The van der Waals surface area contributed by atoms with Crippen LogP contribution in [0.4, 0.5) is 5.69 Å². The lowest BCUT2D eigenvalue weighted by molar-refractivity contribution is -0.142. The monoisotopic (exact) mass is 380 g/mol. The normalized spacial score (nSPS) is 26.2. The van der Waals surface area contributed by atoms with Crippen LogP contribution in [0.5, 0.6) is 0 Å². The van der Waals surface area contributed by atoms with E-state index in [0.29, 0.717) is 18.5 Å². The molecule has 0 saturated carbocycles. The van der Waals surface area contributed by atoms with E-state index >= 15 is 0 Å². The van der Waals surface area contributed by atoms with E-state index in [4.69, 9.17) is 5.73 Å². The Balaban J connectivity index is 1.41. The van der Waals surface area contributed by atoms with Crippen molar-refractivity contribution in [3.63, 3.8) is 0 Å². The van der Waals surface area contributed by atoms with Gasteiger partial charge in [-0.1, -0.05) is 23.4 Å². The van der Waals surface area contributed by atoms with Gasteiger partial charge in [0.1, 0.15) is 5.69 Å². The SMILES string of the molecule is C=CCN(C)C(=O)[C@@H]1CN2CC[C@@H]1C[C@@H]2Cn1cc(-c2cccc(N)c2)nn1. The van der Waals surface area contributed by atoms with Crippen LogP contribution in [0.15, 0.2) is 43.1 Å². The number of nitrogen functional groups attached to an aromatic ring is 1. The zero-order chi connectivity index (χ0) is 19.7. The van der Waals surface area contributed by atoms with Crippen LogP contribution in [0.1, 0.15) is 12.8 Å². The van der Waals surface area contributed by atoms with Gasteiger partial charge in [-0.2, -0.15) is 0 Å². The highest BCUT2D eigenvalue weighted by molar-refractivity contribution is 5.79. The summed E-state index contributed by atoms with van der Waals surface area (Å²) in [5, 5.41) is 8.63. The van der Waals surface area contributed by atoms with Crippen molar-refractivity contribution in [1.82, 2.24) is 24.8 Å². The Bertz CT molecular complexity index is 862. The molecule has 7 heteroatoms. The summed E-state index contributed by atoms with van der Waals surface area (Å²) in [4.78, 5) is 17.0. The number of carbonyl (C=O) groups excluding carboxylic acids is 1. The predicted octanol–water partition coefficient (Wildman–Crippen LogP) is 1.88. The van der Waals surface area contributed by atoms with E-state index < -0.39 is 0 Å². The van der Waals surface area contributed by atoms with E-state index in [1.165, 1.54) is 0 Å². The molecule has 3 saturated heterocycles. The molecular weight excluding hydrogens is 352 g/mol. The molecule has 1 aromatic carbocycles. The minimum atomic E-state index is 0.105. The highest BCUT2D eigenvalue weighted by Crippen LogP contribution is 2.37. The quantitative estimate of drug-likeness (QED) is 0.611. The van der Waals surface area contributed by atoms with E-state index in [1.54, 1.807) is 11.0 Å². The molecule has 4 atom stereocenters. The summed E-state index contributed by atoms with van der Waals surface area (Å²) in [6.45, 7) is 7.04. The molecule has 148 valence electrons. The number of anilines is 1. The van der Waals surface area contributed by atoms with Gasteiger partial charge >= 0.3 is 0 Å². The van der Waals surface area contributed by atoms with Crippen molar-refractivity contribution in [3.05, 3.63) is 43.1 Å². The van der Waals surface area contributed by atoms with Crippen molar-refractivity contribution in [2.24, 2.45) is 11.8 Å². The summed E-state index contributed by atoms with van der Waals surface area (Å²) >= 11 is 0. The molecule has 3 fully saturated rings. The van der Waals surface area contributed by atoms with Crippen molar-refractivity contribution in [2.75, 3.05) is 32.4 Å². The molecule has 0 aliphatic carbocycles. The summed E-state index contributed by atoms with van der Waals surface area (Å²) < 4.78 is 1.92. The molecule has 3 aliphatic heterocycles. The molecule has 28 heavy (non-hydrogen) atoms. The van der Waals surface area contributed by atoms with E-state index in [9.17, 15) is 4.79 Å². The lowest BCUT2D eigenvalue weighted by Crippen LogP contribution is -2.58. The molecule has 0 spiro atoms. The third kappa shape index (κ3) is 3.67. The molecule has 4 heterocycles. The summed E-state index contributed by atoms with van der Waals surface area (Å²) in [6.07, 6.45) is 5.90. The van der Waals surface area contributed by atoms with Gasteiger partial charge in [-0.25, -0.2) is 0 Å². The van der Waals surface area contributed by atoms with E-state index in [1.807, 2.05) is 42.2 Å². The number of carbonyl (C=O) groups is 1. The van der Waals surface area contributed by atoms with Crippen molar-refractivity contribution in [3.8, 4) is 11.3 Å². The number of piperidine rings is 3. The maximum atomic E-state index is 12.7. The van der Waals surface area contributed by atoms with Gasteiger partial charge in [0.15, 0.2) is 0 Å². The number of hydrogen-bond donors (Lipinski definition) is 1. The Morgan fingerprint density at radius 3 is 3.04 bits per heavy atom. The highest BCUT2D eigenvalue weighted by Gasteiger charge is 2.44. The summed E-state index contributed by atoms with van der Waals surface area (Å²) in [5.41, 5.74) is 8.41. The Morgan fingerprint density at radius 2 is 2.32 bits per heavy atom. The maximum Gasteiger partial charge on any atom is 0.227 e. The maximum absolute atomic E-state index is 12.7. The molecule has 2 aromatic rings. The first-order chi connectivity index (χ1) is 13.5. The number of amides is 1. The number of hydrogen-bond acceptors (Lipinski definition) is 5. The average molecular weight is 380 g/mol. The van der Waals surface area contributed by atoms with Gasteiger partial charge in [0.05, 0.1) is 18.7 Å². The van der Waals surface area contributed by atoms with Crippen LogP contribution in [0.3, 0.4) is 0 Å². The lowest BCUT2D eigenvalue weighted by Gasteiger charge is -2.49. The van der Waals surface area contributed by atoms with Gasteiger partial charge in [0.25, 0.3) is 0 Å². The number of nitrogens with zero attached hydrogens (tertiary/aromatic N) is 5. The van der Waals surface area contributed by atoms with Gasteiger partial charge in [-0.05, 0) is 37.4 Å². The van der Waals surface area contributed by atoms with Crippen molar-refractivity contribution in [1.29, 1.82) is 0 Å². The second-order valence-corrected chi connectivity index (χ2v) is 8.00. The van der Waals surface area contributed by atoms with Crippen LogP contribution in [0.2, 0.25) is 0 Å². The van der Waals surface area contributed by atoms with Crippen LogP contribution < -0.4 is 5.73 Å². The van der Waals surface area contributed by atoms with Crippen LogP contribution in [0.25, 0.3) is 11.3 Å². The van der Waals surface area contributed by atoms with Gasteiger partial charge in [0, 0.05) is 37.4 Å². The standard InChI is InChI=1S/C21H28N6O/c1-3-8-25(2)21(28)19-13-26-9-7-15(19)11-18(26)12-27-14-20(23-24-27)16-5-4-6-17(22)10-16/h3-6,10,14-15,18-19H,1,7-9,11-13,22H2,2H3/t15-,18-,19-/m1/s1.